The molecule has 2 rings (SSSR count). The van der Waals surface area contributed by atoms with Gasteiger partial charge in [0.15, 0.2) is 11.5 Å². The van der Waals surface area contributed by atoms with Gasteiger partial charge >= 0.3 is 5.97 Å². The molecular formula is C17H22N2O4S. The van der Waals surface area contributed by atoms with E-state index in [2.05, 4.69) is 9.88 Å². The first-order chi connectivity index (χ1) is 11.4. The largest absolute Gasteiger partial charge is 0.493 e. The molecule has 0 saturated heterocycles. The Morgan fingerprint density at radius 3 is 2.67 bits per heavy atom. The molecule has 0 fully saturated rings. The predicted molar refractivity (Wildman–Crippen MR) is 94.5 cm³/mol. The number of methoxy groups -OCH3 is 1. The molecule has 0 atom stereocenters. The Bertz CT molecular complexity index is 713. The smallest absolute Gasteiger partial charge is 0.347 e. The number of carboxylic acids is 1. The van der Waals surface area contributed by atoms with Crippen molar-refractivity contribution in [2.24, 2.45) is 0 Å². The summed E-state index contributed by atoms with van der Waals surface area (Å²) in [5, 5.41) is 9.81. The molecule has 130 valence electrons. The number of ether oxygens (including phenoxy) is 2. The zero-order valence-corrected chi connectivity index (χ0v) is 15.1. The van der Waals surface area contributed by atoms with E-state index >= 15 is 0 Å². The average Bonchev–Trinajstić information content (AvgIpc) is 2.93. The molecule has 0 unspecified atom stereocenters. The van der Waals surface area contributed by atoms with Crippen LogP contribution in [-0.2, 0) is 0 Å². The standard InChI is InChI=1S/C17H22N2O4S/c1-11-15(17(20)21)24-16(18-11)12-6-7-13(14(10-12)22-4)23-9-5-8-19(2)3/h6-7,10H,5,8-9H2,1-4H3,(H,20,21). The van der Waals surface area contributed by atoms with Crippen LogP contribution in [-0.4, -0.2) is 55.3 Å². The molecule has 6 nitrogen and oxygen atoms in total. The second-order valence-electron chi connectivity index (χ2n) is 5.61. The summed E-state index contributed by atoms with van der Waals surface area (Å²) in [6, 6.07) is 5.53. The lowest BCUT2D eigenvalue weighted by molar-refractivity contribution is 0.0701. The van der Waals surface area contributed by atoms with Gasteiger partial charge in [-0.3, -0.25) is 0 Å². The van der Waals surface area contributed by atoms with Gasteiger partial charge in [-0.15, -0.1) is 11.3 Å². The number of benzene rings is 1. The van der Waals surface area contributed by atoms with Gasteiger partial charge < -0.3 is 19.5 Å². The topological polar surface area (TPSA) is 71.9 Å². The summed E-state index contributed by atoms with van der Waals surface area (Å²) in [5.41, 5.74) is 1.33. The molecular weight excluding hydrogens is 328 g/mol. The number of aromatic nitrogens is 1. The number of hydrogen-bond donors (Lipinski definition) is 1. The Kier molecular flexibility index (Phi) is 6.16. The van der Waals surface area contributed by atoms with Gasteiger partial charge in [-0.1, -0.05) is 0 Å². The van der Waals surface area contributed by atoms with Crippen molar-refractivity contribution in [1.29, 1.82) is 0 Å². The number of carboxylic acid groups (broad SMARTS) is 1. The lowest BCUT2D eigenvalue weighted by Crippen LogP contribution is -2.15. The molecule has 0 radical (unpaired) electrons. The Morgan fingerprint density at radius 1 is 1.33 bits per heavy atom. The van der Waals surface area contributed by atoms with E-state index in [1.165, 1.54) is 0 Å². The first-order valence-corrected chi connectivity index (χ1v) is 8.40. The first-order valence-electron chi connectivity index (χ1n) is 7.59. The van der Waals surface area contributed by atoms with Gasteiger partial charge in [0.05, 0.1) is 19.4 Å². The van der Waals surface area contributed by atoms with Crippen molar-refractivity contribution in [3.8, 4) is 22.1 Å². The van der Waals surface area contributed by atoms with Crippen LogP contribution in [0.2, 0.25) is 0 Å². The van der Waals surface area contributed by atoms with Crippen molar-refractivity contribution in [3.05, 3.63) is 28.8 Å². The fraction of sp³-hybridized carbons (Fsp3) is 0.412. The van der Waals surface area contributed by atoms with Gasteiger partial charge in [0.1, 0.15) is 9.88 Å². The van der Waals surface area contributed by atoms with Crippen LogP contribution in [0.3, 0.4) is 0 Å². The van der Waals surface area contributed by atoms with Gasteiger partial charge in [-0.2, -0.15) is 0 Å². The van der Waals surface area contributed by atoms with Crippen LogP contribution >= 0.6 is 11.3 Å². The minimum atomic E-state index is -0.955. The van der Waals surface area contributed by atoms with Gasteiger partial charge in [0.25, 0.3) is 0 Å². The third-order valence-electron chi connectivity index (χ3n) is 3.41. The van der Waals surface area contributed by atoms with E-state index in [1.807, 2.05) is 32.3 Å². The number of aryl methyl sites for hydroxylation is 1. The fourth-order valence-electron chi connectivity index (χ4n) is 2.20. The minimum absolute atomic E-state index is 0.257. The van der Waals surface area contributed by atoms with Crippen LogP contribution in [0.4, 0.5) is 0 Å². The molecule has 0 spiro atoms. The summed E-state index contributed by atoms with van der Waals surface area (Å²) in [6.07, 6.45) is 0.922. The van der Waals surface area contributed by atoms with Crippen LogP contribution in [0.15, 0.2) is 18.2 Å². The molecule has 1 aromatic heterocycles. The minimum Gasteiger partial charge on any atom is -0.493 e. The van der Waals surface area contributed by atoms with Gasteiger partial charge in [-0.25, -0.2) is 9.78 Å². The molecule has 0 aliphatic heterocycles. The lowest BCUT2D eigenvalue weighted by atomic mass is 10.2. The highest BCUT2D eigenvalue weighted by atomic mass is 32.1. The van der Waals surface area contributed by atoms with Crippen LogP contribution in [0.1, 0.15) is 21.8 Å². The maximum Gasteiger partial charge on any atom is 0.347 e. The quantitative estimate of drug-likeness (QED) is 0.738. The monoisotopic (exact) mass is 350 g/mol. The molecule has 0 amide bonds. The highest BCUT2D eigenvalue weighted by molar-refractivity contribution is 7.17. The van der Waals surface area contributed by atoms with E-state index in [9.17, 15) is 4.79 Å². The summed E-state index contributed by atoms with van der Waals surface area (Å²) in [7, 11) is 5.63. The van der Waals surface area contributed by atoms with E-state index < -0.39 is 5.97 Å². The van der Waals surface area contributed by atoms with Crippen LogP contribution < -0.4 is 9.47 Å². The van der Waals surface area contributed by atoms with E-state index in [-0.39, 0.29) is 4.88 Å². The highest BCUT2D eigenvalue weighted by Gasteiger charge is 2.16. The molecule has 1 N–H and O–H groups in total. The molecule has 24 heavy (non-hydrogen) atoms. The molecule has 0 aliphatic rings. The van der Waals surface area contributed by atoms with Gasteiger partial charge in [0.2, 0.25) is 0 Å². The molecule has 1 aromatic carbocycles. The van der Waals surface area contributed by atoms with Crippen molar-refractivity contribution in [3.63, 3.8) is 0 Å². The van der Waals surface area contributed by atoms with E-state index in [4.69, 9.17) is 14.6 Å². The second-order valence-corrected chi connectivity index (χ2v) is 6.61. The SMILES string of the molecule is COc1cc(-c2nc(C)c(C(=O)O)s2)ccc1OCCCN(C)C. The fourth-order valence-corrected chi connectivity index (χ4v) is 3.10. The molecule has 0 aliphatic carbocycles. The number of hydrogen-bond acceptors (Lipinski definition) is 6. The molecule has 1 heterocycles. The normalized spacial score (nSPS) is 10.9. The molecule has 7 heteroatoms. The maximum absolute atomic E-state index is 11.2. The van der Waals surface area contributed by atoms with Crippen LogP contribution in [0.25, 0.3) is 10.6 Å². The van der Waals surface area contributed by atoms with Crippen molar-refractivity contribution in [2.45, 2.75) is 13.3 Å². The Morgan fingerprint density at radius 2 is 2.08 bits per heavy atom. The Labute approximate surface area is 145 Å². The summed E-state index contributed by atoms with van der Waals surface area (Å²) < 4.78 is 11.2. The zero-order chi connectivity index (χ0) is 17.7. The van der Waals surface area contributed by atoms with Crippen LogP contribution in [0.5, 0.6) is 11.5 Å². The van der Waals surface area contributed by atoms with Gasteiger partial charge in [-0.05, 0) is 45.6 Å². The predicted octanol–water partition coefficient (Wildman–Crippen LogP) is 3.16. The number of thiazole rings is 1. The van der Waals surface area contributed by atoms with E-state index in [1.54, 1.807) is 14.0 Å². The summed E-state index contributed by atoms with van der Waals surface area (Å²) in [4.78, 5) is 17.9. The average molecular weight is 350 g/mol. The van der Waals surface area contributed by atoms with E-state index in [0.717, 1.165) is 29.9 Å². The van der Waals surface area contributed by atoms with Gasteiger partial charge in [0, 0.05) is 12.1 Å². The molecule has 2 aromatic rings. The Balaban J connectivity index is 2.16. The van der Waals surface area contributed by atoms with Crippen molar-refractivity contribution in [2.75, 3.05) is 34.4 Å². The Hall–Kier alpha value is -2.12. The first kappa shape index (κ1) is 18.2. The summed E-state index contributed by atoms with van der Waals surface area (Å²) >= 11 is 1.16. The van der Waals surface area contributed by atoms with Crippen LogP contribution in [0, 0.1) is 6.92 Å². The molecule has 0 bridgehead atoms. The third-order valence-corrected chi connectivity index (χ3v) is 4.60. The molecule has 0 saturated carbocycles. The second kappa shape index (κ2) is 8.12. The number of carbonyl (C=O) groups is 1. The maximum atomic E-state index is 11.2. The van der Waals surface area contributed by atoms with E-state index in [0.29, 0.717) is 28.8 Å². The van der Waals surface area contributed by atoms with Crippen molar-refractivity contribution >= 4 is 17.3 Å². The lowest BCUT2D eigenvalue weighted by Gasteiger charge is -2.13. The zero-order valence-electron chi connectivity index (χ0n) is 14.3. The van der Waals surface area contributed by atoms with Crippen molar-refractivity contribution in [1.82, 2.24) is 9.88 Å². The number of aromatic carboxylic acids is 1. The highest BCUT2D eigenvalue weighted by Crippen LogP contribution is 2.35. The number of nitrogens with zero attached hydrogens (tertiary/aromatic N) is 2. The summed E-state index contributed by atoms with van der Waals surface area (Å²) in [5.74, 6) is 0.331. The third kappa shape index (κ3) is 4.46. The number of rotatable bonds is 8. The van der Waals surface area contributed by atoms with Crippen molar-refractivity contribution < 1.29 is 19.4 Å². The summed E-state index contributed by atoms with van der Waals surface area (Å²) in [6.45, 7) is 3.26.